The highest BCUT2D eigenvalue weighted by atomic mass is 16.5. The van der Waals surface area contributed by atoms with Gasteiger partial charge < -0.3 is 9.47 Å². The van der Waals surface area contributed by atoms with E-state index in [-0.39, 0.29) is 6.02 Å². The molecular formula is C16H13N3O3. The van der Waals surface area contributed by atoms with Crippen molar-refractivity contribution in [2.45, 2.75) is 0 Å². The van der Waals surface area contributed by atoms with Gasteiger partial charge in [-0.15, -0.1) is 0 Å². The maximum Gasteiger partial charge on any atom is 0.337 e. The SMILES string of the molecule is COC(=O)c1cccc(N=C(NC#N)Oc2ccccc2)c1. The number of hydrogen-bond donors (Lipinski definition) is 1. The van der Waals surface area contributed by atoms with Crippen LogP contribution in [0.2, 0.25) is 0 Å². The van der Waals surface area contributed by atoms with Gasteiger partial charge >= 0.3 is 12.0 Å². The van der Waals surface area contributed by atoms with Gasteiger partial charge in [-0.05, 0) is 30.3 Å². The third kappa shape index (κ3) is 4.08. The van der Waals surface area contributed by atoms with Gasteiger partial charge in [-0.2, -0.15) is 10.3 Å². The second-order valence-electron chi connectivity index (χ2n) is 4.11. The second kappa shape index (κ2) is 7.45. The molecule has 0 fully saturated rings. The Bertz CT molecular complexity index is 721. The lowest BCUT2D eigenvalue weighted by Crippen LogP contribution is -2.24. The first-order chi connectivity index (χ1) is 10.7. The Labute approximate surface area is 127 Å². The molecule has 0 radical (unpaired) electrons. The Morgan fingerprint density at radius 2 is 1.95 bits per heavy atom. The van der Waals surface area contributed by atoms with Gasteiger partial charge in [0.25, 0.3) is 0 Å². The van der Waals surface area contributed by atoms with E-state index in [4.69, 9.17) is 10.00 Å². The van der Waals surface area contributed by atoms with Gasteiger partial charge in [0.2, 0.25) is 0 Å². The lowest BCUT2D eigenvalue weighted by atomic mass is 10.2. The van der Waals surface area contributed by atoms with Crippen LogP contribution in [0.4, 0.5) is 5.69 Å². The fourth-order valence-electron chi connectivity index (χ4n) is 1.66. The number of nitriles is 1. The highest BCUT2D eigenvalue weighted by molar-refractivity contribution is 5.90. The van der Waals surface area contributed by atoms with Crippen molar-refractivity contribution >= 4 is 17.7 Å². The van der Waals surface area contributed by atoms with Crippen molar-refractivity contribution in [3.63, 3.8) is 0 Å². The number of ether oxygens (including phenoxy) is 2. The molecule has 0 amide bonds. The molecule has 0 saturated heterocycles. The van der Waals surface area contributed by atoms with Crippen LogP contribution < -0.4 is 10.1 Å². The summed E-state index contributed by atoms with van der Waals surface area (Å²) in [5.74, 6) is 0.0731. The fourth-order valence-corrected chi connectivity index (χ4v) is 1.66. The summed E-state index contributed by atoms with van der Waals surface area (Å²) in [6.45, 7) is 0. The molecule has 0 unspecified atom stereocenters. The average molecular weight is 295 g/mol. The number of carbonyl (C=O) groups excluding carboxylic acids is 1. The molecule has 110 valence electrons. The van der Waals surface area contributed by atoms with E-state index in [9.17, 15) is 4.79 Å². The Balaban J connectivity index is 2.26. The summed E-state index contributed by atoms with van der Waals surface area (Å²) < 4.78 is 10.1. The molecule has 0 bridgehead atoms. The quantitative estimate of drug-likeness (QED) is 0.309. The molecule has 2 rings (SSSR count). The summed E-state index contributed by atoms with van der Waals surface area (Å²) in [7, 11) is 1.31. The van der Waals surface area contributed by atoms with Crippen molar-refractivity contribution in [1.29, 1.82) is 5.26 Å². The molecule has 22 heavy (non-hydrogen) atoms. The highest BCUT2D eigenvalue weighted by Gasteiger charge is 2.07. The number of para-hydroxylation sites is 1. The Morgan fingerprint density at radius 1 is 1.18 bits per heavy atom. The van der Waals surface area contributed by atoms with Gasteiger partial charge in [-0.1, -0.05) is 24.3 Å². The van der Waals surface area contributed by atoms with E-state index in [0.29, 0.717) is 17.0 Å². The van der Waals surface area contributed by atoms with Crippen molar-refractivity contribution < 1.29 is 14.3 Å². The van der Waals surface area contributed by atoms with Gasteiger partial charge in [0.15, 0.2) is 6.19 Å². The molecular weight excluding hydrogens is 282 g/mol. The number of hydrogen-bond acceptors (Lipinski definition) is 5. The molecule has 2 aromatic rings. The van der Waals surface area contributed by atoms with E-state index in [2.05, 4.69) is 15.0 Å². The summed E-state index contributed by atoms with van der Waals surface area (Å²) >= 11 is 0. The van der Waals surface area contributed by atoms with E-state index in [0.717, 1.165) is 0 Å². The molecule has 0 heterocycles. The van der Waals surface area contributed by atoms with Crippen LogP contribution in [-0.4, -0.2) is 19.1 Å². The number of methoxy groups -OCH3 is 1. The van der Waals surface area contributed by atoms with Gasteiger partial charge in [-0.3, -0.25) is 0 Å². The molecule has 0 aliphatic rings. The van der Waals surface area contributed by atoms with Gasteiger partial charge in [0, 0.05) is 0 Å². The summed E-state index contributed by atoms with van der Waals surface area (Å²) in [6, 6.07) is 15.4. The first-order valence-corrected chi connectivity index (χ1v) is 6.38. The Hall–Kier alpha value is -3.33. The predicted molar refractivity (Wildman–Crippen MR) is 80.7 cm³/mol. The number of benzene rings is 2. The third-order valence-electron chi connectivity index (χ3n) is 2.62. The van der Waals surface area contributed by atoms with Crippen molar-refractivity contribution in [2.24, 2.45) is 4.99 Å². The van der Waals surface area contributed by atoms with Crippen LogP contribution in [0.1, 0.15) is 10.4 Å². The number of amidine groups is 1. The smallest absolute Gasteiger partial charge is 0.337 e. The average Bonchev–Trinajstić information content (AvgIpc) is 2.55. The number of aliphatic imine (C=N–C) groups is 1. The minimum Gasteiger partial charge on any atom is -0.465 e. The van der Waals surface area contributed by atoms with E-state index in [1.54, 1.807) is 54.7 Å². The molecule has 0 aromatic heterocycles. The van der Waals surface area contributed by atoms with Crippen LogP contribution in [0.5, 0.6) is 5.75 Å². The number of esters is 1. The van der Waals surface area contributed by atoms with Gasteiger partial charge in [-0.25, -0.2) is 10.1 Å². The molecule has 0 saturated carbocycles. The zero-order valence-electron chi connectivity index (χ0n) is 11.8. The molecule has 2 aromatic carbocycles. The molecule has 6 nitrogen and oxygen atoms in total. The van der Waals surface area contributed by atoms with Crippen LogP contribution in [0.25, 0.3) is 0 Å². The number of nitrogens with zero attached hydrogens (tertiary/aromatic N) is 2. The predicted octanol–water partition coefficient (Wildman–Crippen LogP) is 2.61. The molecule has 0 aliphatic heterocycles. The van der Waals surface area contributed by atoms with E-state index in [1.807, 2.05) is 6.07 Å². The Morgan fingerprint density at radius 3 is 2.64 bits per heavy atom. The topological polar surface area (TPSA) is 83.7 Å². The zero-order valence-corrected chi connectivity index (χ0v) is 11.8. The monoisotopic (exact) mass is 295 g/mol. The number of nitrogens with one attached hydrogen (secondary N) is 1. The highest BCUT2D eigenvalue weighted by Crippen LogP contribution is 2.16. The van der Waals surface area contributed by atoms with Crippen LogP contribution in [0.15, 0.2) is 59.6 Å². The standard InChI is InChI=1S/C16H13N3O3/c1-21-15(20)12-6-5-7-13(10-12)19-16(18-11-17)22-14-8-3-2-4-9-14/h2-10H,1H3,(H,18,19). The van der Waals surface area contributed by atoms with Crippen molar-refractivity contribution in [1.82, 2.24) is 5.32 Å². The molecule has 0 spiro atoms. The van der Waals surface area contributed by atoms with Crippen LogP contribution >= 0.6 is 0 Å². The van der Waals surface area contributed by atoms with Crippen molar-refractivity contribution in [3.05, 3.63) is 60.2 Å². The minimum absolute atomic E-state index is 0.00992. The normalized spacial score (nSPS) is 10.5. The number of carbonyl (C=O) groups is 1. The summed E-state index contributed by atoms with van der Waals surface area (Å²) in [6.07, 6.45) is 1.76. The summed E-state index contributed by atoms with van der Waals surface area (Å²) in [5, 5.41) is 11.1. The van der Waals surface area contributed by atoms with Gasteiger partial charge in [0.1, 0.15) is 5.75 Å². The number of rotatable bonds is 3. The first-order valence-electron chi connectivity index (χ1n) is 6.38. The van der Waals surface area contributed by atoms with Crippen LogP contribution in [0, 0.1) is 11.5 Å². The maximum atomic E-state index is 11.5. The lowest BCUT2D eigenvalue weighted by Gasteiger charge is -2.07. The Kier molecular flexibility index (Phi) is 5.10. The molecule has 1 N–H and O–H groups in total. The third-order valence-corrected chi connectivity index (χ3v) is 2.62. The molecule has 0 atom stereocenters. The zero-order chi connectivity index (χ0) is 15.8. The minimum atomic E-state index is -0.462. The molecule has 0 aliphatic carbocycles. The van der Waals surface area contributed by atoms with Crippen LogP contribution in [0.3, 0.4) is 0 Å². The lowest BCUT2D eigenvalue weighted by molar-refractivity contribution is 0.0601. The summed E-state index contributed by atoms with van der Waals surface area (Å²) in [5.41, 5.74) is 0.816. The van der Waals surface area contributed by atoms with E-state index < -0.39 is 5.97 Å². The van der Waals surface area contributed by atoms with Crippen molar-refractivity contribution in [3.8, 4) is 11.9 Å². The van der Waals surface area contributed by atoms with Crippen LogP contribution in [-0.2, 0) is 4.74 Å². The van der Waals surface area contributed by atoms with Gasteiger partial charge in [0.05, 0.1) is 18.4 Å². The van der Waals surface area contributed by atoms with E-state index in [1.165, 1.54) is 7.11 Å². The largest absolute Gasteiger partial charge is 0.465 e. The second-order valence-corrected chi connectivity index (χ2v) is 4.11. The van der Waals surface area contributed by atoms with Crippen molar-refractivity contribution in [2.75, 3.05) is 7.11 Å². The fraction of sp³-hybridized carbons (Fsp3) is 0.0625. The molecule has 6 heteroatoms. The maximum absolute atomic E-state index is 11.5. The first kappa shape index (κ1) is 15.1. The summed E-state index contributed by atoms with van der Waals surface area (Å²) in [4.78, 5) is 15.7. The van der Waals surface area contributed by atoms with E-state index >= 15 is 0 Å².